The van der Waals surface area contributed by atoms with Crippen LogP contribution in [0.3, 0.4) is 0 Å². The molecule has 0 aliphatic carbocycles. The van der Waals surface area contributed by atoms with E-state index in [1.807, 2.05) is 0 Å². The maximum atomic E-state index is 13.6. The van der Waals surface area contributed by atoms with Crippen LogP contribution in [0.15, 0.2) is 12.1 Å². The number of rotatable bonds is 7. The molecule has 2 N–H and O–H groups in total. The predicted molar refractivity (Wildman–Crippen MR) is 68.9 cm³/mol. The topological polar surface area (TPSA) is 69.4 Å². The molecule has 0 unspecified atom stereocenters. The zero-order chi connectivity index (χ0) is 14.5. The molecule has 0 aliphatic rings. The molecule has 0 saturated heterocycles. The van der Waals surface area contributed by atoms with Crippen molar-refractivity contribution in [3.8, 4) is 5.75 Å². The van der Waals surface area contributed by atoms with E-state index in [2.05, 4.69) is 0 Å². The monoisotopic (exact) mass is 293 g/mol. The van der Waals surface area contributed by atoms with E-state index >= 15 is 0 Å². The second-order valence-electron chi connectivity index (χ2n) is 4.26. The number of hydrogen-bond donors (Lipinski definition) is 1. The van der Waals surface area contributed by atoms with Crippen molar-refractivity contribution >= 4 is 9.84 Å². The van der Waals surface area contributed by atoms with E-state index in [4.69, 9.17) is 10.5 Å². The highest BCUT2D eigenvalue weighted by molar-refractivity contribution is 7.90. The highest BCUT2D eigenvalue weighted by atomic mass is 32.2. The lowest BCUT2D eigenvalue weighted by Gasteiger charge is -2.09. The third-order valence-corrected chi connectivity index (χ3v) is 3.43. The molecule has 0 heterocycles. The summed E-state index contributed by atoms with van der Waals surface area (Å²) in [5.74, 6) is -2.17. The molecular weight excluding hydrogens is 276 g/mol. The minimum atomic E-state index is -3.09. The number of sulfone groups is 1. The average molecular weight is 293 g/mol. The first-order valence-electron chi connectivity index (χ1n) is 5.82. The zero-order valence-electron chi connectivity index (χ0n) is 10.7. The maximum Gasteiger partial charge on any atom is 0.190 e. The van der Waals surface area contributed by atoms with Crippen LogP contribution in [0.2, 0.25) is 0 Å². The maximum absolute atomic E-state index is 13.6. The van der Waals surface area contributed by atoms with Gasteiger partial charge in [-0.3, -0.25) is 0 Å². The summed E-state index contributed by atoms with van der Waals surface area (Å²) in [5.41, 5.74) is 5.76. The average Bonchev–Trinajstić information content (AvgIpc) is 2.26. The predicted octanol–water partition coefficient (Wildman–Crippen LogP) is 1.28. The molecule has 0 atom stereocenters. The molecule has 0 aromatic heterocycles. The Hall–Kier alpha value is -1.21. The van der Waals surface area contributed by atoms with Gasteiger partial charge in [-0.2, -0.15) is 0 Å². The molecule has 4 nitrogen and oxygen atoms in total. The molecule has 0 bridgehead atoms. The summed E-state index contributed by atoms with van der Waals surface area (Å²) in [4.78, 5) is 0. The number of benzene rings is 1. The first-order chi connectivity index (χ1) is 8.83. The van der Waals surface area contributed by atoms with Crippen LogP contribution in [0.25, 0.3) is 0 Å². The summed E-state index contributed by atoms with van der Waals surface area (Å²) in [6.07, 6.45) is 1.65. The number of hydrogen-bond acceptors (Lipinski definition) is 4. The Morgan fingerprint density at radius 1 is 1.26 bits per heavy atom. The Morgan fingerprint density at radius 3 is 2.32 bits per heavy atom. The fourth-order valence-electron chi connectivity index (χ4n) is 1.56. The largest absolute Gasteiger partial charge is 0.488 e. The number of halogens is 2. The summed E-state index contributed by atoms with van der Waals surface area (Å²) in [6.45, 7) is 0.241. The quantitative estimate of drug-likeness (QED) is 0.769. The fraction of sp³-hybridized carbons (Fsp3) is 0.500. The first-order valence-corrected chi connectivity index (χ1v) is 7.88. The molecule has 1 aromatic rings. The molecule has 1 rings (SSSR count). The SMILES string of the molecule is CS(=O)(=O)CCCOc1c(F)cc(CCN)cc1F. The summed E-state index contributed by atoms with van der Waals surface area (Å²) < 4.78 is 53.8. The Bertz CT molecular complexity index is 509. The van der Waals surface area contributed by atoms with Crippen molar-refractivity contribution in [2.24, 2.45) is 5.73 Å². The van der Waals surface area contributed by atoms with Crippen LogP contribution in [0.1, 0.15) is 12.0 Å². The third-order valence-electron chi connectivity index (χ3n) is 2.40. The number of ether oxygens (including phenoxy) is 1. The smallest absolute Gasteiger partial charge is 0.190 e. The van der Waals surface area contributed by atoms with Gasteiger partial charge >= 0.3 is 0 Å². The van der Waals surface area contributed by atoms with Gasteiger partial charge in [0.15, 0.2) is 17.4 Å². The van der Waals surface area contributed by atoms with Crippen molar-refractivity contribution in [3.63, 3.8) is 0 Å². The van der Waals surface area contributed by atoms with E-state index in [9.17, 15) is 17.2 Å². The molecule has 1 aromatic carbocycles. The van der Waals surface area contributed by atoms with Crippen molar-refractivity contribution in [2.45, 2.75) is 12.8 Å². The minimum Gasteiger partial charge on any atom is -0.488 e. The van der Waals surface area contributed by atoms with E-state index < -0.39 is 27.2 Å². The van der Waals surface area contributed by atoms with Gasteiger partial charge in [-0.05, 0) is 37.1 Å². The minimum absolute atomic E-state index is 0.0584. The number of nitrogens with two attached hydrogens (primary N) is 1. The van der Waals surface area contributed by atoms with Crippen LogP contribution < -0.4 is 10.5 Å². The highest BCUT2D eigenvalue weighted by Crippen LogP contribution is 2.23. The lowest BCUT2D eigenvalue weighted by atomic mass is 10.1. The van der Waals surface area contributed by atoms with Gasteiger partial charge in [-0.25, -0.2) is 17.2 Å². The van der Waals surface area contributed by atoms with Gasteiger partial charge < -0.3 is 10.5 Å². The van der Waals surface area contributed by atoms with Gasteiger partial charge in [0, 0.05) is 6.26 Å². The lowest BCUT2D eigenvalue weighted by Crippen LogP contribution is -2.10. The van der Waals surface area contributed by atoms with Gasteiger partial charge in [0.05, 0.1) is 12.4 Å². The second kappa shape index (κ2) is 6.81. The summed E-state index contributed by atoms with van der Waals surface area (Å²) in [6, 6.07) is 2.34. The van der Waals surface area contributed by atoms with Crippen LogP contribution in [-0.4, -0.2) is 33.6 Å². The van der Waals surface area contributed by atoms with Crippen molar-refractivity contribution in [1.29, 1.82) is 0 Å². The molecule has 0 radical (unpaired) electrons. The molecular formula is C12H17F2NO3S. The van der Waals surface area contributed by atoms with Gasteiger partial charge in [0.25, 0.3) is 0 Å². The molecule has 0 amide bonds. The van der Waals surface area contributed by atoms with E-state index in [1.54, 1.807) is 0 Å². The van der Waals surface area contributed by atoms with Crippen molar-refractivity contribution in [3.05, 3.63) is 29.3 Å². The van der Waals surface area contributed by atoms with Crippen LogP contribution in [0.5, 0.6) is 5.75 Å². The molecule has 108 valence electrons. The van der Waals surface area contributed by atoms with Crippen LogP contribution in [-0.2, 0) is 16.3 Å². The van der Waals surface area contributed by atoms with Gasteiger partial charge in [0.2, 0.25) is 0 Å². The van der Waals surface area contributed by atoms with Gasteiger partial charge in [0.1, 0.15) is 9.84 Å². The fourth-order valence-corrected chi connectivity index (χ4v) is 2.20. The second-order valence-corrected chi connectivity index (χ2v) is 6.52. The molecule has 0 aliphatic heterocycles. The standard InChI is InChI=1S/C12H17F2NO3S/c1-19(16,17)6-2-5-18-12-10(13)7-9(3-4-15)8-11(12)14/h7-8H,2-6,15H2,1H3. The Kier molecular flexibility index (Phi) is 5.68. The Morgan fingerprint density at radius 2 is 1.84 bits per heavy atom. The summed E-state index contributed by atoms with van der Waals surface area (Å²) in [7, 11) is -3.09. The normalized spacial score (nSPS) is 11.6. The Balaban J connectivity index is 2.64. The van der Waals surface area contributed by atoms with Crippen LogP contribution in [0.4, 0.5) is 8.78 Å². The van der Waals surface area contributed by atoms with E-state index in [0.717, 1.165) is 6.26 Å². The summed E-state index contributed by atoms with van der Waals surface area (Å²) in [5, 5.41) is 0. The van der Waals surface area contributed by atoms with Crippen molar-refractivity contribution in [1.82, 2.24) is 0 Å². The molecule has 7 heteroatoms. The third kappa shape index (κ3) is 5.52. The molecule has 0 saturated carbocycles. The van der Waals surface area contributed by atoms with Gasteiger partial charge in [-0.15, -0.1) is 0 Å². The molecule has 0 fully saturated rings. The molecule has 0 spiro atoms. The van der Waals surface area contributed by atoms with E-state index in [-0.39, 0.29) is 18.8 Å². The van der Waals surface area contributed by atoms with E-state index in [0.29, 0.717) is 18.5 Å². The van der Waals surface area contributed by atoms with Crippen LogP contribution >= 0.6 is 0 Å². The highest BCUT2D eigenvalue weighted by Gasteiger charge is 2.13. The van der Waals surface area contributed by atoms with Gasteiger partial charge in [-0.1, -0.05) is 0 Å². The van der Waals surface area contributed by atoms with Crippen molar-refractivity contribution < 1.29 is 21.9 Å². The van der Waals surface area contributed by atoms with E-state index in [1.165, 1.54) is 12.1 Å². The molecule has 19 heavy (non-hydrogen) atoms. The Labute approximate surface area is 111 Å². The lowest BCUT2D eigenvalue weighted by molar-refractivity contribution is 0.285. The first kappa shape index (κ1) is 15.8. The zero-order valence-corrected chi connectivity index (χ0v) is 11.5. The summed E-state index contributed by atoms with van der Waals surface area (Å²) >= 11 is 0. The van der Waals surface area contributed by atoms with Crippen LogP contribution in [0, 0.1) is 11.6 Å². The van der Waals surface area contributed by atoms with Crippen molar-refractivity contribution in [2.75, 3.05) is 25.2 Å².